The first kappa shape index (κ1) is 19.4. The Morgan fingerprint density at radius 2 is 2.11 bits per heavy atom. The molecule has 0 saturated carbocycles. The van der Waals surface area contributed by atoms with Gasteiger partial charge in [0.05, 0.1) is 37.0 Å². The second kappa shape index (κ2) is 7.69. The van der Waals surface area contributed by atoms with Crippen molar-refractivity contribution in [3.05, 3.63) is 36.0 Å². The maximum atomic E-state index is 12.4. The Morgan fingerprint density at radius 1 is 1.41 bits per heavy atom. The molecule has 0 spiro atoms. The van der Waals surface area contributed by atoms with Gasteiger partial charge in [0.1, 0.15) is 5.75 Å². The summed E-state index contributed by atoms with van der Waals surface area (Å²) in [5.74, 6) is 0.406. The monoisotopic (exact) mass is 393 g/mol. The summed E-state index contributed by atoms with van der Waals surface area (Å²) in [6, 6.07) is 8.20. The molecule has 1 aliphatic heterocycles. The van der Waals surface area contributed by atoms with Gasteiger partial charge in [-0.05, 0) is 43.7 Å². The second-order valence-corrected chi connectivity index (χ2v) is 8.93. The first-order chi connectivity index (χ1) is 12.8. The highest BCUT2D eigenvalue weighted by Gasteiger charge is 2.32. The number of methoxy groups -OCH3 is 1. The van der Waals surface area contributed by atoms with Crippen molar-refractivity contribution in [2.45, 2.75) is 25.4 Å². The van der Waals surface area contributed by atoms with E-state index in [1.165, 1.54) is 0 Å². The number of aliphatic hydroxyl groups excluding tert-OH is 1. The van der Waals surface area contributed by atoms with Crippen LogP contribution >= 0.6 is 0 Å². The Labute approximate surface area is 158 Å². The molecular weight excluding hydrogens is 370 g/mol. The summed E-state index contributed by atoms with van der Waals surface area (Å²) < 4.78 is 30.6. The molecule has 2 heterocycles. The number of ether oxygens (including phenoxy) is 1. The highest BCUT2D eigenvalue weighted by molar-refractivity contribution is 7.91. The standard InChI is InChI=1S/C18H23N3O5S/c1-12(10-22)19-18(23)16-9-17(13-3-5-15(26-2)6-4-13)21(20-16)14-7-8-27(24,25)11-14/h3-6,9,12,14,22H,7-8,10-11H2,1-2H3,(H,19,23)/t12-,14?/m0/s1. The van der Waals surface area contributed by atoms with Crippen LogP contribution in [-0.4, -0.2) is 60.5 Å². The van der Waals surface area contributed by atoms with Crippen molar-refractivity contribution in [1.29, 1.82) is 0 Å². The number of aromatic nitrogens is 2. The Hall–Kier alpha value is -2.39. The minimum atomic E-state index is -3.10. The van der Waals surface area contributed by atoms with Crippen LogP contribution in [0.4, 0.5) is 0 Å². The number of hydrogen-bond donors (Lipinski definition) is 2. The molecule has 1 aromatic carbocycles. The third-order valence-electron chi connectivity index (χ3n) is 4.56. The van der Waals surface area contributed by atoms with Gasteiger partial charge in [0, 0.05) is 11.6 Å². The molecule has 0 radical (unpaired) electrons. The molecule has 2 aromatic rings. The normalized spacial score (nSPS) is 19.6. The Kier molecular flexibility index (Phi) is 5.52. The summed E-state index contributed by atoms with van der Waals surface area (Å²) in [5, 5.41) is 16.2. The zero-order chi connectivity index (χ0) is 19.6. The highest BCUT2D eigenvalue weighted by Crippen LogP contribution is 2.31. The van der Waals surface area contributed by atoms with Crippen molar-refractivity contribution in [2.75, 3.05) is 25.2 Å². The van der Waals surface area contributed by atoms with E-state index in [1.54, 1.807) is 36.9 Å². The zero-order valence-electron chi connectivity index (χ0n) is 15.3. The second-order valence-electron chi connectivity index (χ2n) is 6.70. The van der Waals surface area contributed by atoms with E-state index in [1.807, 2.05) is 12.1 Å². The van der Waals surface area contributed by atoms with Crippen LogP contribution in [-0.2, 0) is 9.84 Å². The SMILES string of the molecule is COc1ccc(-c2cc(C(=O)N[C@@H](C)CO)nn2C2CCS(=O)(=O)C2)cc1. The number of sulfone groups is 1. The molecule has 0 aliphatic carbocycles. The van der Waals surface area contributed by atoms with Gasteiger partial charge in [-0.25, -0.2) is 8.42 Å². The van der Waals surface area contributed by atoms with E-state index in [4.69, 9.17) is 9.84 Å². The van der Waals surface area contributed by atoms with E-state index in [-0.39, 0.29) is 29.8 Å². The lowest BCUT2D eigenvalue weighted by molar-refractivity contribution is 0.0916. The van der Waals surface area contributed by atoms with Crippen LogP contribution in [0.15, 0.2) is 30.3 Å². The Balaban J connectivity index is 1.99. The summed E-state index contributed by atoms with van der Waals surface area (Å²) in [6.07, 6.45) is 0.460. The van der Waals surface area contributed by atoms with Crippen molar-refractivity contribution in [3.63, 3.8) is 0 Å². The van der Waals surface area contributed by atoms with Gasteiger partial charge < -0.3 is 15.2 Å². The van der Waals surface area contributed by atoms with E-state index < -0.39 is 21.8 Å². The molecule has 1 unspecified atom stereocenters. The number of aliphatic hydroxyl groups is 1. The van der Waals surface area contributed by atoms with Crippen molar-refractivity contribution in [2.24, 2.45) is 0 Å². The van der Waals surface area contributed by atoms with E-state index in [0.29, 0.717) is 17.9 Å². The molecule has 1 aromatic heterocycles. The number of nitrogens with one attached hydrogen (secondary N) is 1. The maximum absolute atomic E-state index is 12.4. The minimum Gasteiger partial charge on any atom is -0.497 e. The molecule has 146 valence electrons. The first-order valence-corrected chi connectivity index (χ1v) is 10.5. The molecule has 3 rings (SSSR count). The molecule has 1 fully saturated rings. The first-order valence-electron chi connectivity index (χ1n) is 8.69. The van der Waals surface area contributed by atoms with Gasteiger partial charge in [-0.1, -0.05) is 0 Å². The number of rotatable bonds is 6. The van der Waals surface area contributed by atoms with E-state index >= 15 is 0 Å². The van der Waals surface area contributed by atoms with E-state index in [9.17, 15) is 13.2 Å². The lowest BCUT2D eigenvalue weighted by atomic mass is 10.1. The van der Waals surface area contributed by atoms with Gasteiger partial charge in [-0.3, -0.25) is 9.48 Å². The number of nitrogens with zero attached hydrogens (tertiary/aromatic N) is 2. The van der Waals surface area contributed by atoms with Crippen LogP contribution in [0, 0.1) is 0 Å². The molecule has 2 N–H and O–H groups in total. The van der Waals surface area contributed by atoms with Gasteiger partial charge in [0.15, 0.2) is 15.5 Å². The largest absolute Gasteiger partial charge is 0.497 e. The zero-order valence-corrected chi connectivity index (χ0v) is 16.1. The predicted octanol–water partition coefficient (Wildman–Crippen LogP) is 1.03. The number of carbonyl (C=O) groups is 1. The molecule has 27 heavy (non-hydrogen) atoms. The van der Waals surface area contributed by atoms with Gasteiger partial charge in [-0.2, -0.15) is 5.10 Å². The summed E-state index contributed by atoms with van der Waals surface area (Å²) in [5.41, 5.74) is 1.66. The molecule has 1 saturated heterocycles. The fraction of sp³-hybridized carbons (Fsp3) is 0.444. The fourth-order valence-electron chi connectivity index (χ4n) is 3.07. The lowest BCUT2D eigenvalue weighted by Gasteiger charge is -2.13. The number of hydrogen-bond acceptors (Lipinski definition) is 6. The average Bonchev–Trinajstić information content (AvgIpc) is 3.25. The van der Waals surface area contributed by atoms with Crippen LogP contribution in [0.2, 0.25) is 0 Å². The van der Waals surface area contributed by atoms with Gasteiger partial charge >= 0.3 is 0 Å². The van der Waals surface area contributed by atoms with Crippen molar-refractivity contribution in [3.8, 4) is 17.0 Å². The average molecular weight is 393 g/mol. The number of carbonyl (C=O) groups excluding carboxylic acids is 1. The number of amides is 1. The third kappa shape index (κ3) is 4.30. The van der Waals surface area contributed by atoms with E-state index in [2.05, 4.69) is 10.4 Å². The maximum Gasteiger partial charge on any atom is 0.272 e. The van der Waals surface area contributed by atoms with Gasteiger partial charge in [-0.15, -0.1) is 0 Å². The lowest BCUT2D eigenvalue weighted by Crippen LogP contribution is -2.35. The molecule has 1 amide bonds. The fourth-order valence-corrected chi connectivity index (χ4v) is 4.76. The summed E-state index contributed by atoms with van der Waals surface area (Å²) in [7, 11) is -1.52. The molecule has 8 nitrogen and oxygen atoms in total. The molecule has 9 heteroatoms. The third-order valence-corrected chi connectivity index (χ3v) is 6.31. The van der Waals surface area contributed by atoms with Crippen LogP contribution in [0.3, 0.4) is 0 Å². The minimum absolute atomic E-state index is 0.00589. The van der Waals surface area contributed by atoms with Crippen LogP contribution in [0.5, 0.6) is 5.75 Å². The van der Waals surface area contributed by atoms with Gasteiger partial charge in [0.25, 0.3) is 5.91 Å². The molecular formula is C18H23N3O5S. The molecule has 0 bridgehead atoms. The summed E-state index contributed by atoms with van der Waals surface area (Å²) in [4.78, 5) is 12.4. The van der Waals surface area contributed by atoms with Crippen LogP contribution in [0.25, 0.3) is 11.3 Å². The summed E-state index contributed by atoms with van der Waals surface area (Å²) in [6.45, 7) is 1.50. The number of benzene rings is 1. The Bertz CT molecular complexity index is 921. The van der Waals surface area contributed by atoms with Crippen molar-refractivity contribution >= 4 is 15.7 Å². The van der Waals surface area contributed by atoms with Crippen molar-refractivity contribution in [1.82, 2.24) is 15.1 Å². The summed E-state index contributed by atoms with van der Waals surface area (Å²) >= 11 is 0. The van der Waals surface area contributed by atoms with Crippen molar-refractivity contribution < 1.29 is 23.1 Å². The Morgan fingerprint density at radius 3 is 2.67 bits per heavy atom. The topological polar surface area (TPSA) is 111 Å². The molecule has 1 aliphatic rings. The highest BCUT2D eigenvalue weighted by atomic mass is 32.2. The smallest absolute Gasteiger partial charge is 0.272 e. The van der Waals surface area contributed by atoms with Crippen LogP contribution < -0.4 is 10.1 Å². The quantitative estimate of drug-likeness (QED) is 0.758. The van der Waals surface area contributed by atoms with Gasteiger partial charge in [0.2, 0.25) is 0 Å². The molecule has 2 atom stereocenters. The van der Waals surface area contributed by atoms with E-state index in [0.717, 1.165) is 5.56 Å². The predicted molar refractivity (Wildman–Crippen MR) is 101 cm³/mol. The van der Waals surface area contributed by atoms with Crippen LogP contribution in [0.1, 0.15) is 29.9 Å².